The molecule has 4 heteroatoms. The smallest absolute Gasteiger partial charge is 0.269 e. The molecule has 2 heterocycles. The van der Waals surface area contributed by atoms with Crippen LogP contribution in [0.1, 0.15) is 18.7 Å². The van der Waals surface area contributed by atoms with Gasteiger partial charge >= 0.3 is 0 Å². The van der Waals surface area contributed by atoms with Gasteiger partial charge in [-0.25, -0.2) is 0 Å². The van der Waals surface area contributed by atoms with Crippen LogP contribution >= 0.6 is 11.8 Å². The van der Waals surface area contributed by atoms with Crippen molar-refractivity contribution in [2.24, 2.45) is 0 Å². The Balaban J connectivity index is 0.000000784. The van der Waals surface area contributed by atoms with Crippen molar-refractivity contribution >= 4 is 22.7 Å². The molecule has 1 aliphatic heterocycles. The summed E-state index contributed by atoms with van der Waals surface area (Å²) in [6, 6.07) is 19.6. The van der Waals surface area contributed by atoms with E-state index in [0.29, 0.717) is 0 Å². The maximum Gasteiger partial charge on any atom is 0.269 e. The lowest BCUT2D eigenvalue weighted by molar-refractivity contribution is 0.685. The Kier molecular flexibility index (Phi) is 6.54. The van der Waals surface area contributed by atoms with Crippen LogP contribution in [0.4, 0.5) is 4.72 Å². The number of hydrogen-bond acceptors (Lipinski definition) is 2. The summed E-state index contributed by atoms with van der Waals surface area (Å²) in [6.07, 6.45) is 2.29. The Labute approximate surface area is 155 Å². The van der Waals surface area contributed by atoms with Crippen molar-refractivity contribution in [2.45, 2.75) is 31.7 Å². The summed E-state index contributed by atoms with van der Waals surface area (Å²) in [5.74, 6) is 1.11. The molecule has 1 N–H and O–H groups in total. The molecule has 0 spiro atoms. The third-order valence-electron chi connectivity index (χ3n) is 4.61. The second-order valence-corrected chi connectivity index (χ2v) is 7.17. The molecule has 134 valence electrons. The number of rotatable bonds is 4. The Morgan fingerprint density at radius 1 is 1.00 bits per heavy atom. The monoisotopic (exact) mass is 360 g/mol. The Bertz CT molecular complexity index is 804. The molecule has 1 aliphatic rings. The molecule has 3 aromatic rings. The maximum absolute atomic E-state index is 8.75. The van der Waals surface area contributed by atoms with Crippen molar-refractivity contribution < 1.29 is 4.72 Å². The van der Waals surface area contributed by atoms with E-state index in [1.165, 1.54) is 15.8 Å². The SMILES string of the molecule is C.[3H]F.c1ccc(SCCn2c3c(c4ccccc42)CCNCC3)cc1. The Hall–Kier alpha value is -1.78. The highest BCUT2D eigenvalue weighted by Crippen LogP contribution is 2.29. The standard InChI is InChI=1S/C20H22N2S.CH4.FH/c1-2-6-16(7-3-1)23-15-14-22-19-9-5-4-8-17(19)18-10-12-21-13-11-20(18)22;;/h1-9,21H,10-15H2;1H4;1H/i/hT. The first-order valence-corrected chi connectivity index (χ1v) is 9.39. The molecule has 0 bridgehead atoms. The molecule has 0 aliphatic carbocycles. The van der Waals surface area contributed by atoms with Gasteiger partial charge in [-0.05, 0) is 36.7 Å². The van der Waals surface area contributed by atoms with Gasteiger partial charge in [-0.1, -0.05) is 43.8 Å². The lowest BCUT2D eigenvalue weighted by Crippen LogP contribution is -2.17. The average molecular weight is 361 g/mol. The molecular weight excluding hydrogens is 331 g/mol. The van der Waals surface area contributed by atoms with Crippen LogP contribution in [0.3, 0.4) is 0 Å². The summed E-state index contributed by atoms with van der Waals surface area (Å²) in [4.78, 5) is 1.36. The Morgan fingerprint density at radius 3 is 2.56 bits per heavy atom. The molecule has 0 fully saturated rings. The number of aromatic nitrogens is 1. The van der Waals surface area contributed by atoms with Crippen molar-refractivity contribution in [2.75, 3.05) is 18.8 Å². The van der Waals surface area contributed by atoms with E-state index in [0.717, 1.165) is 38.2 Å². The second-order valence-electron chi connectivity index (χ2n) is 6.01. The lowest BCUT2D eigenvalue weighted by Gasteiger charge is -2.11. The van der Waals surface area contributed by atoms with E-state index in [1.807, 2.05) is 11.8 Å². The average Bonchev–Trinajstić information content (AvgIpc) is 2.83. The number of halogens is 1. The molecule has 0 saturated carbocycles. The number of para-hydroxylation sites is 1. The van der Waals surface area contributed by atoms with Gasteiger partial charge in [0.15, 0.2) is 0 Å². The molecule has 2 nitrogen and oxygen atoms in total. The molecule has 1 aromatic heterocycles. The molecule has 0 amide bonds. The van der Waals surface area contributed by atoms with Crippen LogP contribution in [-0.4, -0.2) is 24.9 Å². The van der Waals surface area contributed by atoms with Crippen LogP contribution in [0.5, 0.6) is 0 Å². The molecule has 4 rings (SSSR count). The zero-order chi connectivity index (χ0) is 17.5. The number of thioether (sulfide) groups is 1. The summed E-state index contributed by atoms with van der Waals surface area (Å²) < 4.78 is 15.6. The zero-order valence-electron chi connectivity index (χ0n) is 14.7. The predicted octanol–water partition coefficient (Wildman–Crippen LogP) is 4.91. The van der Waals surface area contributed by atoms with E-state index in [2.05, 4.69) is 65.9 Å². The minimum atomic E-state index is 0. The van der Waals surface area contributed by atoms with E-state index in [1.54, 1.807) is 11.3 Å². The van der Waals surface area contributed by atoms with Crippen LogP contribution in [0, 0.1) is 0 Å². The van der Waals surface area contributed by atoms with Gasteiger partial charge in [-0.15, -0.1) is 11.8 Å². The first kappa shape index (κ1) is 18.0. The second kappa shape index (κ2) is 9.07. The largest absolute Gasteiger partial charge is 0.343 e. The quantitative estimate of drug-likeness (QED) is 0.666. The molecule has 25 heavy (non-hydrogen) atoms. The van der Waals surface area contributed by atoms with Crippen molar-refractivity contribution in [3.63, 3.8) is 0 Å². The van der Waals surface area contributed by atoms with Gasteiger partial charge in [-0.3, -0.25) is 4.72 Å². The fraction of sp³-hybridized carbons (Fsp3) is 0.333. The third-order valence-corrected chi connectivity index (χ3v) is 5.60. The van der Waals surface area contributed by atoms with Gasteiger partial charge in [0.2, 0.25) is 0 Å². The molecular formula is C21H27FN2S. The highest BCUT2D eigenvalue weighted by Gasteiger charge is 2.18. The van der Waals surface area contributed by atoms with Gasteiger partial charge in [0.05, 0.1) is 0 Å². The minimum absolute atomic E-state index is 0. The highest BCUT2D eigenvalue weighted by molar-refractivity contribution is 7.99. The molecule has 2 aromatic carbocycles. The number of fused-ring (bicyclic) bond motifs is 3. The van der Waals surface area contributed by atoms with Crippen LogP contribution < -0.4 is 5.32 Å². The molecule has 0 atom stereocenters. The number of nitrogens with one attached hydrogen (secondary N) is 1. The van der Waals surface area contributed by atoms with Gasteiger partial charge in [0.1, 0.15) is 0 Å². The van der Waals surface area contributed by atoms with Crippen LogP contribution in [-0.2, 0) is 19.4 Å². The highest BCUT2D eigenvalue weighted by atomic mass is 32.2. The van der Waals surface area contributed by atoms with Crippen LogP contribution in [0.25, 0.3) is 10.9 Å². The van der Waals surface area contributed by atoms with Crippen LogP contribution in [0.2, 0.25) is 0 Å². The van der Waals surface area contributed by atoms with Crippen molar-refractivity contribution in [3.8, 4) is 0 Å². The first-order chi connectivity index (χ1) is 12.4. The van der Waals surface area contributed by atoms with Gasteiger partial charge in [0.25, 0.3) is 1.45 Å². The lowest BCUT2D eigenvalue weighted by atomic mass is 10.1. The molecule has 0 unspecified atom stereocenters. The topological polar surface area (TPSA) is 17.0 Å². The van der Waals surface area contributed by atoms with Crippen molar-refractivity contribution in [1.29, 1.82) is 1.45 Å². The summed E-state index contributed by atoms with van der Waals surface area (Å²) >= 11 is 1.95. The van der Waals surface area contributed by atoms with Crippen molar-refractivity contribution in [3.05, 3.63) is 65.9 Å². The van der Waals surface area contributed by atoms with E-state index >= 15 is 0 Å². The predicted molar refractivity (Wildman–Crippen MR) is 109 cm³/mol. The summed E-state index contributed by atoms with van der Waals surface area (Å²) in [5, 5.41) is 4.99. The maximum atomic E-state index is 8.75. The number of nitrogens with zero attached hydrogens (tertiary/aromatic N) is 1. The Morgan fingerprint density at radius 2 is 1.72 bits per heavy atom. The van der Waals surface area contributed by atoms with Crippen molar-refractivity contribution in [1.82, 2.24) is 9.88 Å². The summed E-state index contributed by atoms with van der Waals surface area (Å²) in [6.45, 7) is 3.27. The van der Waals surface area contributed by atoms with Gasteiger partial charge < -0.3 is 9.88 Å². The number of aryl methyl sites for hydroxylation is 1. The van der Waals surface area contributed by atoms with E-state index in [4.69, 9.17) is 4.72 Å². The molecule has 0 saturated heterocycles. The summed E-state index contributed by atoms with van der Waals surface area (Å²) in [7, 11) is 0. The van der Waals surface area contributed by atoms with Crippen LogP contribution in [0.15, 0.2) is 59.5 Å². The normalized spacial score (nSPS) is 13.7. The minimum Gasteiger partial charge on any atom is -0.343 e. The first-order valence-electron chi connectivity index (χ1n) is 8.79. The fourth-order valence-corrected chi connectivity index (χ4v) is 4.42. The fourth-order valence-electron chi connectivity index (χ4n) is 3.56. The number of benzene rings is 2. The molecule has 0 radical (unpaired) electrons. The number of hydrogen-bond donors (Lipinski definition) is 1. The van der Waals surface area contributed by atoms with E-state index in [-0.39, 0.29) is 7.43 Å². The zero-order valence-corrected chi connectivity index (χ0v) is 14.5. The van der Waals surface area contributed by atoms with E-state index in [9.17, 15) is 0 Å². The van der Waals surface area contributed by atoms with Gasteiger partial charge in [-0.2, -0.15) is 0 Å². The van der Waals surface area contributed by atoms with Gasteiger partial charge in [0, 0.05) is 46.8 Å². The summed E-state index contributed by atoms with van der Waals surface area (Å²) in [5.41, 5.74) is 4.52. The van der Waals surface area contributed by atoms with E-state index < -0.39 is 0 Å². The third kappa shape index (κ3) is 4.07.